The van der Waals surface area contributed by atoms with Crippen LogP contribution in [0.3, 0.4) is 0 Å². The van der Waals surface area contributed by atoms with Crippen molar-refractivity contribution in [2.75, 3.05) is 11.4 Å². The maximum Gasteiger partial charge on any atom is 0.235 e. The Kier molecular flexibility index (Phi) is 3.01. The Bertz CT molecular complexity index is 838. The first-order valence-corrected chi connectivity index (χ1v) is 8.28. The third kappa shape index (κ3) is 2.03. The number of thiophene rings is 1. The normalized spacial score (nSPS) is 21.1. The maximum atomic E-state index is 12.8. The quantitative estimate of drug-likeness (QED) is 0.688. The van der Waals surface area contributed by atoms with E-state index in [0.717, 1.165) is 29.6 Å². The van der Waals surface area contributed by atoms with Crippen molar-refractivity contribution in [1.82, 2.24) is 4.98 Å². The molecular weight excluding hydrogens is 292 g/mol. The van der Waals surface area contributed by atoms with Gasteiger partial charge >= 0.3 is 0 Å². The summed E-state index contributed by atoms with van der Waals surface area (Å²) in [5.41, 5.74) is 2.77. The van der Waals surface area contributed by atoms with Crippen molar-refractivity contribution in [3.05, 3.63) is 58.9 Å². The smallest absolute Gasteiger partial charge is 0.235 e. The van der Waals surface area contributed by atoms with Crippen LogP contribution in [0.5, 0.6) is 0 Å². The van der Waals surface area contributed by atoms with Gasteiger partial charge in [0.1, 0.15) is 0 Å². The van der Waals surface area contributed by atoms with Gasteiger partial charge in [0.2, 0.25) is 5.91 Å². The van der Waals surface area contributed by atoms with Crippen LogP contribution in [0, 0.1) is 5.41 Å². The molecule has 3 nitrogen and oxygen atoms in total. The van der Waals surface area contributed by atoms with E-state index in [9.17, 15) is 4.79 Å². The highest BCUT2D eigenvalue weighted by molar-refractivity contribution is 7.07. The topological polar surface area (TPSA) is 33.2 Å². The fourth-order valence-corrected chi connectivity index (χ4v) is 3.87. The highest BCUT2D eigenvalue weighted by Gasteiger charge is 2.49. The third-order valence-corrected chi connectivity index (χ3v) is 5.08. The number of hydrogen-bond donors (Lipinski definition) is 0. The zero-order valence-electron chi connectivity index (χ0n) is 12.3. The average molecular weight is 308 g/mol. The Hall–Kier alpha value is -2.20. The number of fused-ring (bicyclic) bond motifs is 1. The predicted molar refractivity (Wildman–Crippen MR) is 90.2 cm³/mol. The van der Waals surface area contributed by atoms with Crippen molar-refractivity contribution in [2.24, 2.45) is 5.41 Å². The Morgan fingerprint density at radius 3 is 2.91 bits per heavy atom. The van der Waals surface area contributed by atoms with Gasteiger partial charge in [-0.25, -0.2) is 0 Å². The van der Waals surface area contributed by atoms with Crippen LogP contribution in [0.25, 0.3) is 10.9 Å². The first-order valence-electron chi connectivity index (χ1n) is 7.34. The number of para-hydroxylation sites is 1. The molecule has 0 radical (unpaired) electrons. The summed E-state index contributed by atoms with van der Waals surface area (Å²) in [6.45, 7) is 2.80. The molecule has 1 aliphatic rings. The predicted octanol–water partition coefficient (Wildman–Crippen LogP) is 3.89. The monoisotopic (exact) mass is 308 g/mol. The molecule has 22 heavy (non-hydrogen) atoms. The molecule has 1 aromatic carbocycles. The number of rotatable bonds is 3. The van der Waals surface area contributed by atoms with E-state index in [1.165, 1.54) is 5.56 Å². The first kappa shape index (κ1) is 13.5. The molecule has 0 bridgehead atoms. The van der Waals surface area contributed by atoms with Crippen LogP contribution in [0.2, 0.25) is 0 Å². The van der Waals surface area contributed by atoms with Gasteiger partial charge < -0.3 is 4.90 Å². The highest BCUT2D eigenvalue weighted by Crippen LogP contribution is 2.40. The zero-order chi connectivity index (χ0) is 15.2. The molecule has 4 rings (SSSR count). The fourth-order valence-electron chi connectivity index (χ4n) is 3.20. The van der Waals surface area contributed by atoms with E-state index < -0.39 is 0 Å². The molecule has 0 N–H and O–H groups in total. The van der Waals surface area contributed by atoms with Crippen molar-refractivity contribution >= 4 is 33.8 Å². The molecule has 1 aliphatic heterocycles. The van der Waals surface area contributed by atoms with Gasteiger partial charge in [-0.05, 0) is 47.9 Å². The molecule has 3 aromatic rings. The molecule has 1 saturated heterocycles. The van der Waals surface area contributed by atoms with Crippen LogP contribution in [-0.4, -0.2) is 17.4 Å². The SMILES string of the molecule is CC1(Cc2ccsc2)CN(c2cccc3cccnc23)C1=O. The van der Waals surface area contributed by atoms with Crippen LogP contribution in [-0.2, 0) is 11.2 Å². The number of pyridine rings is 1. The third-order valence-electron chi connectivity index (χ3n) is 4.35. The standard InChI is InChI=1S/C18H16N2OS/c1-18(10-13-7-9-22-11-13)12-20(17(18)21)15-6-2-4-14-5-3-8-19-16(14)15/h2-9,11H,10,12H2,1H3. The van der Waals surface area contributed by atoms with Crippen LogP contribution in [0.4, 0.5) is 5.69 Å². The molecule has 0 spiro atoms. The van der Waals surface area contributed by atoms with Crippen molar-refractivity contribution in [3.8, 4) is 0 Å². The maximum absolute atomic E-state index is 12.8. The summed E-state index contributed by atoms with van der Waals surface area (Å²) in [5, 5.41) is 5.26. The molecule has 1 unspecified atom stereocenters. The summed E-state index contributed by atoms with van der Waals surface area (Å²) in [6, 6.07) is 12.1. The van der Waals surface area contributed by atoms with Gasteiger partial charge in [0.15, 0.2) is 0 Å². The second-order valence-corrected chi connectivity index (χ2v) is 6.89. The van der Waals surface area contributed by atoms with E-state index in [0.29, 0.717) is 0 Å². The second-order valence-electron chi connectivity index (χ2n) is 6.11. The van der Waals surface area contributed by atoms with Crippen molar-refractivity contribution < 1.29 is 4.79 Å². The second kappa shape index (κ2) is 4.92. The van der Waals surface area contributed by atoms with Gasteiger partial charge in [-0.2, -0.15) is 11.3 Å². The molecule has 1 atom stereocenters. The van der Waals surface area contributed by atoms with E-state index in [4.69, 9.17) is 0 Å². The Morgan fingerprint density at radius 1 is 1.27 bits per heavy atom. The average Bonchev–Trinajstić information content (AvgIpc) is 3.05. The van der Waals surface area contributed by atoms with Crippen LogP contribution >= 0.6 is 11.3 Å². The molecule has 0 saturated carbocycles. The van der Waals surface area contributed by atoms with Crippen LogP contribution in [0.1, 0.15) is 12.5 Å². The molecule has 0 aliphatic carbocycles. The molecule has 110 valence electrons. The number of hydrogen-bond acceptors (Lipinski definition) is 3. The summed E-state index contributed by atoms with van der Waals surface area (Å²) in [7, 11) is 0. The largest absolute Gasteiger partial charge is 0.309 e. The zero-order valence-corrected chi connectivity index (χ0v) is 13.1. The number of benzene rings is 1. The van der Waals surface area contributed by atoms with Gasteiger partial charge in [-0.3, -0.25) is 9.78 Å². The molecular formula is C18H16N2OS. The Balaban J connectivity index is 1.64. The van der Waals surface area contributed by atoms with E-state index in [-0.39, 0.29) is 11.3 Å². The number of carbonyl (C=O) groups excluding carboxylic acids is 1. The lowest BCUT2D eigenvalue weighted by molar-refractivity contribution is -0.133. The molecule has 2 aromatic heterocycles. The molecule has 1 fully saturated rings. The van der Waals surface area contributed by atoms with E-state index in [2.05, 4.69) is 28.7 Å². The summed E-state index contributed by atoms with van der Waals surface area (Å²) in [4.78, 5) is 19.1. The Labute approximate surface area is 133 Å². The summed E-state index contributed by atoms with van der Waals surface area (Å²) < 4.78 is 0. The van der Waals surface area contributed by atoms with Crippen molar-refractivity contribution in [1.29, 1.82) is 0 Å². The summed E-state index contributed by atoms with van der Waals surface area (Å²) in [6.07, 6.45) is 2.59. The minimum absolute atomic E-state index is 0.192. The minimum atomic E-state index is -0.294. The summed E-state index contributed by atoms with van der Waals surface area (Å²) in [5.74, 6) is 0.192. The van der Waals surface area contributed by atoms with E-state index in [1.807, 2.05) is 35.2 Å². The van der Waals surface area contributed by atoms with Crippen molar-refractivity contribution in [2.45, 2.75) is 13.3 Å². The number of amides is 1. The van der Waals surface area contributed by atoms with Crippen LogP contribution in [0.15, 0.2) is 53.4 Å². The van der Waals surface area contributed by atoms with E-state index in [1.54, 1.807) is 17.5 Å². The van der Waals surface area contributed by atoms with Gasteiger partial charge in [-0.15, -0.1) is 0 Å². The highest BCUT2D eigenvalue weighted by atomic mass is 32.1. The lowest BCUT2D eigenvalue weighted by Gasteiger charge is -2.47. The Morgan fingerprint density at radius 2 is 2.14 bits per heavy atom. The molecule has 4 heteroatoms. The first-order chi connectivity index (χ1) is 10.7. The minimum Gasteiger partial charge on any atom is -0.309 e. The van der Waals surface area contributed by atoms with Gasteiger partial charge in [0, 0.05) is 18.1 Å². The van der Waals surface area contributed by atoms with Gasteiger partial charge in [0.05, 0.1) is 16.6 Å². The molecule has 3 heterocycles. The lowest BCUT2D eigenvalue weighted by atomic mass is 9.75. The van der Waals surface area contributed by atoms with Gasteiger partial charge in [0.25, 0.3) is 0 Å². The molecule has 1 amide bonds. The van der Waals surface area contributed by atoms with Crippen LogP contribution < -0.4 is 4.90 Å². The number of anilines is 1. The number of nitrogens with zero attached hydrogens (tertiary/aromatic N) is 2. The number of aromatic nitrogens is 1. The van der Waals surface area contributed by atoms with E-state index >= 15 is 0 Å². The van der Waals surface area contributed by atoms with Crippen molar-refractivity contribution in [3.63, 3.8) is 0 Å². The number of carbonyl (C=O) groups is 1. The lowest BCUT2D eigenvalue weighted by Crippen LogP contribution is -2.61. The van der Waals surface area contributed by atoms with Gasteiger partial charge in [-0.1, -0.05) is 18.2 Å². The number of β-lactam (4-membered cyclic amide) rings is 1. The fraction of sp³-hybridized carbons (Fsp3) is 0.222. The summed E-state index contributed by atoms with van der Waals surface area (Å²) >= 11 is 1.68.